The lowest BCUT2D eigenvalue weighted by molar-refractivity contribution is -0.147. The van der Waals surface area contributed by atoms with Gasteiger partial charge in [0.15, 0.2) is 0 Å². The fraction of sp³-hybridized carbons (Fsp3) is 0.750. The minimum Gasteiger partial charge on any atom is -0.456 e. The average Bonchev–Trinajstić information content (AvgIpc) is 3.10. The number of fused-ring (bicyclic) bond motifs is 3. The van der Waals surface area contributed by atoms with Crippen LogP contribution in [0.3, 0.4) is 0 Å². The van der Waals surface area contributed by atoms with Gasteiger partial charge in [0.1, 0.15) is 6.10 Å². The van der Waals surface area contributed by atoms with Crippen molar-refractivity contribution in [2.75, 3.05) is 0 Å². The number of esters is 1. The van der Waals surface area contributed by atoms with Crippen LogP contribution in [0.15, 0.2) is 24.3 Å². The predicted molar refractivity (Wildman–Crippen MR) is 93.8 cm³/mol. The molecule has 3 aliphatic heterocycles. The summed E-state index contributed by atoms with van der Waals surface area (Å²) in [6.07, 6.45) is 2.28. The second-order valence-corrected chi connectivity index (χ2v) is 8.23. The molecule has 0 aromatic heterocycles. The van der Waals surface area contributed by atoms with Crippen molar-refractivity contribution >= 4 is 5.97 Å². The summed E-state index contributed by atoms with van der Waals surface area (Å²) >= 11 is 0. The first-order valence-electron chi connectivity index (χ1n) is 9.34. The Morgan fingerprint density at radius 3 is 2.68 bits per heavy atom. The summed E-state index contributed by atoms with van der Waals surface area (Å²) in [5, 5.41) is 21.6. The van der Waals surface area contributed by atoms with Gasteiger partial charge in [-0.1, -0.05) is 20.1 Å². The molecule has 3 saturated heterocycles. The Balaban J connectivity index is 1.88. The largest absolute Gasteiger partial charge is 0.456 e. The summed E-state index contributed by atoms with van der Waals surface area (Å²) in [6, 6.07) is 0. The summed E-state index contributed by atoms with van der Waals surface area (Å²) in [5.74, 6) is -0.863. The standard InChI is InChI=1S/C20H30O5/c1-11-6-5-7-12(2)17(22)18-14(13(3)19(23)24-18)10-16(21)20(4)9-8-15(11)25-20/h12,14-18,21-22H,1,3,5-10H2,2,4H3/t12-,14-,15?,16+,17+,18+,20?/m0/s1. The van der Waals surface area contributed by atoms with Crippen molar-refractivity contribution in [3.8, 4) is 0 Å². The van der Waals surface area contributed by atoms with E-state index >= 15 is 0 Å². The van der Waals surface area contributed by atoms with Gasteiger partial charge >= 0.3 is 5.97 Å². The molecule has 3 aliphatic rings. The van der Waals surface area contributed by atoms with Gasteiger partial charge in [-0.25, -0.2) is 4.79 Å². The smallest absolute Gasteiger partial charge is 0.334 e. The topological polar surface area (TPSA) is 76.0 Å². The predicted octanol–water partition coefficient (Wildman–Crippen LogP) is 2.51. The number of hydrogen-bond donors (Lipinski definition) is 2. The van der Waals surface area contributed by atoms with Gasteiger partial charge in [0.2, 0.25) is 0 Å². The third-order valence-corrected chi connectivity index (χ3v) is 6.38. The lowest BCUT2D eigenvalue weighted by atomic mass is 9.80. The summed E-state index contributed by atoms with van der Waals surface area (Å²) in [4.78, 5) is 12.0. The van der Waals surface area contributed by atoms with Crippen LogP contribution in [0.4, 0.5) is 0 Å². The number of aliphatic hydroxyl groups is 2. The maximum Gasteiger partial charge on any atom is 0.334 e. The Morgan fingerprint density at radius 2 is 1.96 bits per heavy atom. The summed E-state index contributed by atoms with van der Waals surface area (Å²) in [5.41, 5.74) is 0.731. The molecule has 140 valence electrons. The molecule has 0 amide bonds. The monoisotopic (exact) mass is 350 g/mol. The van der Waals surface area contributed by atoms with Gasteiger partial charge < -0.3 is 19.7 Å². The molecule has 0 aromatic rings. The highest BCUT2D eigenvalue weighted by atomic mass is 16.6. The zero-order valence-corrected chi connectivity index (χ0v) is 15.2. The fourth-order valence-electron chi connectivity index (χ4n) is 4.40. The van der Waals surface area contributed by atoms with Crippen molar-refractivity contribution in [2.45, 2.75) is 82.4 Å². The van der Waals surface area contributed by atoms with Crippen LogP contribution in [0.5, 0.6) is 0 Å². The number of aliphatic hydroxyl groups excluding tert-OH is 2. The van der Waals surface area contributed by atoms with Gasteiger partial charge in [-0.2, -0.15) is 0 Å². The molecule has 0 spiro atoms. The van der Waals surface area contributed by atoms with Crippen LogP contribution in [-0.4, -0.2) is 46.2 Å². The van der Waals surface area contributed by atoms with Crippen molar-refractivity contribution in [1.82, 2.24) is 0 Å². The van der Waals surface area contributed by atoms with Crippen molar-refractivity contribution < 1.29 is 24.5 Å². The first-order valence-corrected chi connectivity index (χ1v) is 9.34. The zero-order chi connectivity index (χ0) is 18.4. The van der Waals surface area contributed by atoms with Crippen molar-refractivity contribution in [1.29, 1.82) is 0 Å². The lowest BCUT2D eigenvalue weighted by Gasteiger charge is -2.34. The van der Waals surface area contributed by atoms with E-state index in [0.29, 0.717) is 12.0 Å². The second-order valence-electron chi connectivity index (χ2n) is 8.23. The van der Waals surface area contributed by atoms with Crippen LogP contribution in [0.2, 0.25) is 0 Å². The molecule has 2 N–H and O–H groups in total. The minimum absolute atomic E-state index is 0.00871. The molecule has 3 heterocycles. The second kappa shape index (κ2) is 6.86. The average molecular weight is 350 g/mol. The zero-order valence-electron chi connectivity index (χ0n) is 15.2. The molecular weight excluding hydrogens is 320 g/mol. The quantitative estimate of drug-likeness (QED) is 0.399. The van der Waals surface area contributed by atoms with Crippen LogP contribution in [0.1, 0.15) is 52.4 Å². The Morgan fingerprint density at radius 1 is 1.24 bits per heavy atom. The normalized spacial score (nSPS) is 46.0. The molecule has 2 bridgehead atoms. The first kappa shape index (κ1) is 18.6. The molecule has 7 atom stereocenters. The Hall–Kier alpha value is -1.17. The lowest BCUT2D eigenvalue weighted by Crippen LogP contribution is -2.44. The van der Waals surface area contributed by atoms with Gasteiger partial charge in [0, 0.05) is 11.5 Å². The molecule has 0 saturated carbocycles. The molecule has 3 rings (SSSR count). The number of carbonyl (C=O) groups excluding carboxylic acids is 1. The Labute approximate surface area is 149 Å². The van der Waals surface area contributed by atoms with Crippen LogP contribution < -0.4 is 0 Å². The number of ether oxygens (including phenoxy) is 2. The van der Waals surface area contributed by atoms with Gasteiger partial charge in [-0.15, -0.1) is 0 Å². The molecule has 25 heavy (non-hydrogen) atoms. The van der Waals surface area contributed by atoms with Crippen LogP contribution in [-0.2, 0) is 14.3 Å². The molecule has 2 unspecified atom stereocenters. The van der Waals surface area contributed by atoms with Crippen molar-refractivity contribution in [3.05, 3.63) is 24.3 Å². The third kappa shape index (κ3) is 3.42. The van der Waals surface area contributed by atoms with Crippen LogP contribution in [0, 0.1) is 11.8 Å². The highest BCUT2D eigenvalue weighted by Crippen LogP contribution is 2.42. The number of hydrogen-bond acceptors (Lipinski definition) is 5. The Bertz CT molecular complexity index is 570. The first-order chi connectivity index (χ1) is 11.7. The number of carbonyl (C=O) groups is 1. The molecule has 5 nitrogen and oxygen atoms in total. The molecule has 0 aliphatic carbocycles. The SMILES string of the molecule is C=C1CCC[C@H](C)[C@@H](O)[C@@H]2OC(=O)C(=C)[C@@H]2C[C@@H](O)C2(C)CCC1O2. The molecular formula is C20H30O5. The molecule has 3 fully saturated rings. The number of rotatable bonds is 0. The van der Waals surface area contributed by atoms with E-state index in [0.717, 1.165) is 37.7 Å². The van der Waals surface area contributed by atoms with Crippen molar-refractivity contribution in [3.63, 3.8) is 0 Å². The molecule has 5 heteroatoms. The van der Waals surface area contributed by atoms with E-state index in [4.69, 9.17) is 9.47 Å². The summed E-state index contributed by atoms with van der Waals surface area (Å²) in [7, 11) is 0. The molecule has 0 radical (unpaired) electrons. The van der Waals surface area contributed by atoms with Gasteiger partial charge in [0.25, 0.3) is 0 Å². The van der Waals surface area contributed by atoms with E-state index in [9.17, 15) is 15.0 Å². The van der Waals surface area contributed by atoms with Gasteiger partial charge in [-0.3, -0.25) is 0 Å². The van der Waals surface area contributed by atoms with E-state index < -0.39 is 29.9 Å². The van der Waals surface area contributed by atoms with Crippen LogP contribution >= 0.6 is 0 Å². The highest BCUT2D eigenvalue weighted by molar-refractivity contribution is 5.90. The minimum atomic E-state index is -0.764. The van der Waals surface area contributed by atoms with E-state index in [1.807, 2.05) is 13.8 Å². The summed E-state index contributed by atoms with van der Waals surface area (Å²) < 4.78 is 11.6. The van der Waals surface area contributed by atoms with E-state index in [-0.39, 0.29) is 17.9 Å². The summed E-state index contributed by atoms with van der Waals surface area (Å²) in [6.45, 7) is 11.9. The highest BCUT2D eigenvalue weighted by Gasteiger charge is 2.49. The van der Waals surface area contributed by atoms with E-state index in [1.165, 1.54) is 0 Å². The van der Waals surface area contributed by atoms with Crippen molar-refractivity contribution in [2.24, 2.45) is 11.8 Å². The van der Waals surface area contributed by atoms with E-state index in [1.54, 1.807) is 0 Å². The maximum atomic E-state index is 12.0. The van der Waals surface area contributed by atoms with Crippen LogP contribution in [0.25, 0.3) is 0 Å². The Kier molecular flexibility index (Phi) is 5.11. The molecule has 0 aromatic carbocycles. The third-order valence-electron chi connectivity index (χ3n) is 6.38. The fourth-order valence-corrected chi connectivity index (χ4v) is 4.40. The maximum absolute atomic E-state index is 12.0. The van der Waals surface area contributed by atoms with Gasteiger partial charge in [-0.05, 0) is 56.9 Å². The van der Waals surface area contributed by atoms with Gasteiger partial charge in [0.05, 0.1) is 23.9 Å². The van der Waals surface area contributed by atoms with E-state index in [2.05, 4.69) is 13.2 Å².